The molecule has 0 spiro atoms. The number of hydrogen-bond donors (Lipinski definition) is 0. The second-order valence-electron chi connectivity index (χ2n) is 36.1. The van der Waals surface area contributed by atoms with E-state index in [-0.39, 0.29) is 0 Å². The molecule has 0 aliphatic carbocycles. The maximum absolute atomic E-state index is 10.4. The lowest BCUT2D eigenvalue weighted by atomic mass is 9.97. The van der Waals surface area contributed by atoms with Crippen LogP contribution in [-0.2, 0) is 0 Å². The summed E-state index contributed by atoms with van der Waals surface area (Å²) in [5.41, 5.74) is 32.6. The first kappa shape index (κ1) is 79.8. The number of benzene rings is 21. The van der Waals surface area contributed by atoms with Crippen molar-refractivity contribution in [2.24, 2.45) is 0 Å². The standard InChI is InChI=1S/3C43H25N3O/c1-44-28-21-22-30(40(26-28)46-38-18-7-2-13-31(38)32-14-3-8-19-39(32)46)27-11-10-12-29(25-27)45-37-17-6-4-15-33(37)35-23-24-36-34-16-5-9-20-41(34)47-43(36)42(35)45;44-26-28-12-10-21-39(46-37-19-6-1-14-30(37)31-15-2-7-20-38(31)46)43(28)27-11-9-13-29(23-27)45-36-18-5-3-16-32(36)34-24-35-33-17-4-8-22-41(33)47-42(35)25-40(34)45;44-26-27-20-22-39(46-37-17-6-1-12-30(37)31-13-2-7-18-38(31)46)35(24-27)28-10-9-11-29(25-28)45-36-16-5-3-14-32(36)33-21-23-41-42(43(33)45)34-15-4-8-19-40(34)47-41/h2-26H;2*1-25H. The van der Waals surface area contributed by atoms with Gasteiger partial charge in [-0.2, -0.15) is 10.5 Å². The van der Waals surface area contributed by atoms with Gasteiger partial charge in [-0.25, -0.2) is 4.85 Å². The third kappa shape index (κ3) is 12.3. The number of para-hydroxylation sites is 12. The normalized spacial score (nSPS) is 11.8. The number of hydrogen-bond acceptors (Lipinski definition) is 5. The second-order valence-corrected chi connectivity index (χ2v) is 36.1. The van der Waals surface area contributed by atoms with Crippen molar-refractivity contribution in [1.82, 2.24) is 27.4 Å². The molecule has 141 heavy (non-hydrogen) atoms. The van der Waals surface area contributed by atoms with E-state index in [0.717, 1.165) is 205 Å². The van der Waals surface area contributed by atoms with E-state index in [2.05, 4.69) is 427 Å². The third-order valence-corrected chi connectivity index (χ3v) is 28.6. The molecule has 21 aromatic carbocycles. The molecule has 9 heterocycles. The van der Waals surface area contributed by atoms with Gasteiger partial charge in [-0.05, 0) is 187 Å². The van der Waals surface area contributed by atoms with Crippen LogP contribution in [0.3, 0.4) is 0 Å². The highest BCUT2D eigenvalue weighted by Gasteiger charge is 2.28. The molecule has 0 atom stereocenters. The highest BCUT2D eigenvalue weighted by Crippen LogP contribution is 2.49. The smallest absolute Gasteiger partial charge is 0.189 e. The van der Waals surface area contributed by atoms with Gasteiger partial charge >= 0.3 is 0 Å². The summed E-state index contributed by atoms with van der Waals surface area (Å²) in [5.74, 6) is 0. The van der Waals surface area contributed by atoms with Crippen molar-refractivity contribution in [3.8, 4) is 79.6 Å². The summed E-state index contributed by atoms with van der Waals surface area (Å²) in [6, 6.07) is 164. The van der Waals surface area contributed by atoms with Gasteiger partial charge in [0.25, 0.3) is 0 Å². The number of aromatic nitrogens is 6. The average molecular weight is 1800 g/mol. The molecule has 0 saturated heterocycles. The van der Waals surface area contributed by atoms with Gasteiger partial charge < -0.3 is 40.7 Å². The minimum absolute atomic E-state index is 0.608. The molecule has 30 rings (SSSR count). The Morgan fingerprint density at radius 3 is 1.16 bits per heavy atom. The Morgan fingerprint density at radius 2 is 0.617 bits per heavy atom. The topological polar surface area (TPSA) is 121 Å². The number of rotatable bonds is 9. The molecule has 0 bridgehead atoms. The van der Waals surface area contributed by atoms with Crippen LogP contribution in [0.1, 0.15) is 11.1 Å². The van der Waals surface area contributed by atoms with Crippen LogP contribution >= 0.6 is 0 Å². The van der Waals surface area contributed by atoms with Gasteiger partial charge in [-0.3, -0.25) is 0 Å². The fraction of sp³-hybridized carbons (Fsp3) is 0. The molecule has 0 amide bonds. The van der Waals surface area contributed by atoms with E-state index in [9.17, 15) is 10.5 Å². The Kier molecular flexibility index (Phi) is 18.0. The summed E-state index contributed by atoms with van der Waals surface area (Å²) < 4.78 is 33.2. The predicted octanol–water partition coefficient (Wildman–Crippen LogP) is 34.6. The zero-order chi connectivity index (χ0) is 93.2. The maximum atomic E-state index is 10.4. The van der Waals surface area contributed by atoms with Crippen molar-refractivity contribution in [3.05, 3.63) is 478 Å². The van der Waals surface area contributed by atoms with E-state index >= 15 is 0 Å². The van der Waals surface area contributed by atoms with Crippen LogP contribution in [0, 0.1) is 29.2 Å². The van der Waals surface area contributed by atoms with Crippen LogP contribution in [0.15, 0.2) is 468 Å². The summed E-state index contributed by atoms with van der Waals surface area (Å²) in [5, 5.41) is 41.4. The predicted molar refractivity (Wildman–Crippen MR) is 579 cm³/mol. The molecule has 0 aliphatic rings. The molecule has 9 aromatic heterocycles. The molecular formula is C129H75N9O3. The molecule has 654 valence electrons. The first-order chi connectivity index (χ1) is 69.8. The molecule has 12 heteroatoms. The molecule has 0 saturated carbocycles. The molecule has 0 aliphatic heterocycles. The van der Waals surface area contributed by atoms with Crippen molar-refractivity contribution in [2.75, 3.05) is 0 Å². The van der Waals surface area contributed by atoms with Crippen molar-refractivity contribution >= 4 is 202 Å². The van der Waals surface area contributed by atoms with E-state index in [0.29, 0.717) is 16.8 Å². The van der Waals surface area contributed by atoms with Gasteiger partial charge in [0.1, 0.15) is 27.9 Å². The van der Waals surface area contributed by atoms with Gasteiger partial charge in [-0.1, -0.05) is 279 Å². The number of fused-ring (bicyclic) bond motifs is 29. The maximum Gasteiger partial charge on any atom is 0.189 e. The van der Waals surface area contributed by atoms with Crippen molar-refractivity contribution in [2.45, 2.75) is 0 Å². The number of nitriles is 2. The zero-order valence-corrected chi connectivity index (χ0v) is 75.6. The van der Waals surface area contributed by atoms with Crippen LogP contribution in [0.5, 0.6) is 0 Å². The Hall–Kier alpha value is -19.7. The monoisotopic (exact) mass is 1800 g/mol. The van der Waals surface area contributed by atoms with Crippen LogP contribution in [0.25, 0.3) is 269 Å². The molecule has 0 unspecified atom stereocenters. The minimum atomic E-state index is 0.608. The summed E-state index contributed by atoms with van der Waals surface area (Å²) in [7, 11) is 0. The van der Waals surface area contributed by atoms with E-state index in [4.69, 9.17) is 19.8 Å². The van der Waals surface area contributed by atoms with Gasteiger partial charge in [-0.15, -0.1) is 0 Å². The summed E-state index contributed by atoms with van der Waals surface area (Å²) in [6.45, 7) is 7.86. The Labute approximate surface area is 805 Å². The average Bonchev–Trinajstić information content (AvgIpc) is 1.56. The fourth-order valence-electron chi connectivity index (χ4n) is 22.6. The lowest BCUT2D eigenvalue weighted by Gasteiger charge is -2.17. The Balaban J connectivity index is 0.000000104. The lowest BCUT2D eigenvalue weighted by Crippen LogP contribution is -2.00. The number of nitrogens with zero attached hydrogens (tertiary/aromatic N) is 9. The fourth-order valence-corrected chi connectivity index (χ4v) is 22.6. The quantitative estimate of drug-likeness (QED) is 0.133. The molecule has 0 fully saturated rings. The van der Waals surface area contributed by atoms with E-state index in [1.54, 1.807) is 0 Å². The van der Waals surface area contributed by atoms with Crippen molar-refractivity contribution < 1.29 is 13.3 Å². The zero-order valence-electron chi connectivity index (χ0n) is 75.6. The van der Waals surface area contributed by atoms with Gasteiger partial charge in [0, 0.05) is 137 Å². The highest BCUT2D eigenvalue weighted by molar-refractivity contribution is 6.26. The SMILES string of the molecule is N#Cc1ccc(-n2c3ccccc3c3ccccc32)c(-c2cccc(-n3c4ccccc4c4ccc5oc6ccccc6c5c43)c2)c1.N#Cc1cccc(-n2c3ccccc3c3ccccc32)c1-c1cccc(-n2c3ccccc3c3cc4c(cc32)oc2ccccc24)c1.[C-]#[N+]c1ccc(-c2cccc(-n3c4ccccc4c4ccc5c6ccccc6oc5c43)c2)c(-n2c3ccccc3c3ccccc32)c1. The molecule has 30 aromatic rings. The number of furan rings is 3. The van der Waals surface area contributed by atoms with Crippen LogP contribution in [0.2, 0.25) is 0 Å². The highest BCUT2D eigenvalue weighted by atomic mass is 16.3. The largest absolute Gasteiger partial charge is 0.456 e. The van der Waals surface area contributed by atoms with E-state index < -0.39 is 0 Å². The first-order valence-electron chi connectivity index (χ1n) is 47.2. The first-order valence-corrected chi connectivity index (χ1v) is 47.2. The summed E-state index contributed by atoms with van der Waals surface area (Å²) >= 11 is 0. The van der Waals surface area contributed by atoms with Gasteiger partial charge in [0.15, 0.2) is 11.3 Å². The molecule has 0 radical (unpaired) electrons. The molecule has 0 N–H and O–H groups in total. The Morgan fingerprint density at radius 1 is 0.220 bits per heavy atom. The summed E-state index contributed by atoms with van der Waals surface area (Å²) in [4.78, 5) is 3.83. The molecule has 12 nitrogen and oxygen atoms in total. The van der Waals surface area contributed by atoms with Crippen molar-refractivity contribution in [3.63, 3.8) is 0 Å². The van der Waals surface area contributed by atoms with Crippen molar-refractivity contribution in [1.29, 1.82) is 10.5 Å². The van der Waals surface area contributed by atoms with Gasteiger partial charge in [0.05, 0.1) is 113 Å². The third-order valence-electron chi connectivity index (χ3n) is 28.6. The second kappa shape index (κ2) is 31.7. The minimum Gasteiger partial charge on any atom is -0.456 e. The van der Waals surface area contributed by atoms with E-state index in [1.807, 2.05) is 72.8 Å². The Bertz CT molecular complexity index is 10500. The molecular weight excluding hydrogens is 1720 g/mol. The lowest BCUT2D eigenvalue weighted by molar-refractivity contribution is 0.669. The van der Waals surface area contributed by atoms with E-state index in [1.165, 1.54) is 59.2 Å². The van der Waals surface area contributed by atoms with Gasteiger partial charge in [0.2, 0.25) is 0 Å². The van der Waals surface area contributed by atoms with Crippen LogP contribution in [-0.4, -0.2) is 27.4 Å². The van der Waals surface area contributed by atoms with Crippen LogP contribution < -0.4 is 0 Å². The summed E-state index contributed by atoms with van der Waals surface area (Å²) in [6.07, 6.45) is 0. The van der Waals surface area contributed by atoms with Crippen LogP contribution in [0.4, 0.5) is 5.69 Å².